The minimum absolute atomic E-state index is 0.0326. The molecule has 1 atom stereocenters. The van der Waals surface area contributed by atoms with Crippen LogP contribution in [0.25, 0.3) is 0 Å². The minimum Gasteiger partial charge on any atom is -0.492 e. The van der Waals surface area contributed by atoms with E-state index in [0.717, 1.165) is 5.56 Å². The number of nitrogens with one attached hydrogen (secondary N) is 1. The average molecular weight is 280 g/mol. The van der Waals surface area contributed by atoms with Gasteiger partial charge in [-0.1, -0.05) is 12.1 Å². The van der Waals surface area contributed by atoms with E-state index >= 15 is 0 Å². The van der Waals surface area contributed by atoms with Gasteiger partial charge < -0.3 is 20.9 Å². The number of Topliss-reactive ketones (excluding diaryl/α,β-unsaturated/α-hetero) is 1. The second-order valence-electron chi connectivity index (χ2n) is 4.48. The lowest BCUT2D eigenvalue weighted by Crippen LogP contribution is -2.30. The molecule has 0 heterocycles. The summed E-state index contributed by atoms with van der Waals surface area (Å²) in [6.07, 6.45) is 0.510. The lowest BCUT2D eigenvalue weighted by atomic mass is 10.0. The van der Waals surface area contributed by atoms with Crippen LogP contribution in [0.5, 0.6) is 5.75 Å². The Labute approximate surface area is 117 Å². The van der Waals surface area contributed by atoms with E-state index in [2.05, 4.69) is 5.32 Å². The van der Waals surface area contributed by atoms with Crippen molar-refractivity contribution in [2.45, 2.75) is 19.4 Å². The lowest BCUT2D eigenvalue weighted by molar-refractivity contribution is -0.136. The third kappa shape index (κ3) is 6.31. The number of ketones is 1. The number of carbonyl (C=O) groups is 2. The SMILES string of the molecule is CC(=O)[C@@H](N)Cc1ccc(OCCNCC(=O)O)cc1. The first kappa shape index (κ1) is 16.1. The molecule has 6 nitrogen and oxygen atoms in total. The molecule has 0 radical (unpaired) electrons. The number of rotatable bonds is 9. The monoisotopic (exact) mass is 280 g/mol. The van der Waals surface area contributed by atoms with Crippen LogP contribution in [0.15, 0.2) is 24.3 Å². The molecule has 1 aromatic carbocycles. The highest BCUT2D eigenvalue weighted by molar-refractivity contribution is 5.81. The summed E-state index contributed by atoms with van der Waals surface area (Å²) in [7, 11) is 0. The van der Waals surface area contributed by atoms with Gasteiger partial charge in [0.25, 0.3) is 0 Å². The van der Waals surface area contributed by atoms with Crippen LogP contribution in [0.1, 0.15) is 12.5 Å². The Bertz CT molecular complexity index is 445. The van der Waals surface area contributed by atoms with Crippen LogP contribution in [0.2, 0.25) is 0 Å². The molecule has 0 fully saturated rings. The van der Waals surface area contributed by atoms with Crippen molar-refractivity contribution in [1.82, 2.24) is 5.32 Å². The zero-order chi connectivity index (χ0) is 15.0. The molecule has 0 amide bonds. The van der Waals surface area contributed by atoms with Crippen molar-refractivity contribution >= 4 is 11.8 Å². The van der Waals surface area contributed by atoms with Gasteiger partial charge in [-0.15, -0.1) is 0 Å². The molecule has 0 spiro atoms. The van der Waals surface area contributed by atoms with Gasteiger partial charge in [-0.25, -0.2) is 0 Å². The molecule has 1 rings (SSSR count). The van der Waals surface area contributed by atoms with Crippen LogP contribution < -0.4 is 15.8 Å². The molecule has 0 aliphatic heterocycles. The zero-order valence-electron chi connectivity index (χ0n) is 11.5. The summed E-state index contributed by atoms with van der Waals surface area (Å²) in [4.78, 5) is 21.3. The summed E-state index contributed by atoms with van der Waals surface area (Å²) >= 11 is 0. The van der Waals surface area contributed by atoms with Gasteiger partial charge in [-0.05, 0) is 31.0 Å². The molecular weight excluding hydrogens is 260 g/mol. The highest BCUT2D eigenvalue weighted by Gasteiger charge is 2.08. The third-order valence-electron chi connectivity index (χ3n) is 2.72. The summed E-state index contributed by atoms with van der Waals surface area (Å²) < 4.78 is 5.44. The van der Waals surface area contributed by atoms with E-state index in [1.807, 2.05) is 12.1 Å². The van der Waals surface area contributed by atoms with Crippen molar-refractivity contribution in [3.63, 3.8) is 0 Å². The van der Waals surface area contributed by atoms with Crippen LogP contribution in [0, 0.1) is 0 Å². The van der Waals surface area contributed by atoms with Gasteiger partial charge in [-0.3, -0.25) is 9.59 Å². The van der Waals surface area contributed by atoms with E-state index in [-0.39, 0.29) is 12.3 Å². The minimum atomic E-state index is -0.892. The Morgan fingerprint density at radius 3 is 2.55 bits per heavy atom. The highest BCUT2D eigenvalue weighted by Crippen LogP contribution is 2.13. The Kier molecular flexibility index (Phi) is 6.69. The molecular formula is C14H20N2O4. The van der Waals surface area contributed by atoms with Crippen LogP contribution in [-0.2, 0) is 16.0 Å². The molecule has 0 saturated carbocycles. The molecule has 0 bridgehead atoms. The second-order valence-corrected chi connectivity index (χ2v) is 4.48. The van der Waals surface area contributed by atoms with E-state index in [1.54, 1.807) is 12.1 Å². The maximum atomic E-state index is 11.1. The molecule has 110 valence electrons. The molecule has 0 aliphatic rings. The summed E-state index contributed by atoms with van der Waals surface area (Å²) in [6.45, 7) is 2.25. The van der Waals surface area contributed by atoms with Gasteiger partial charge in [0.1, 0.15) is 18.1 Å². The number of carboxylic acids is 1. The van der Waals surface area contributed by atoms with E-state index in [9.17, 15) is 9.59 Å². The Morgan fingerprint density at radius 1 is 1.35 bits per heavy atom. The first-order chi connectivity index (χ1) is 9.49. The Hall–Kier alpha value is -1.92. The predicted octanol–water partition coefficient (Wildman–Crippen LogP) is 0.198. The molecule has 6 heteroatoms. The molecule has 4 N–H and O–H groups in total. The standard InChI is InChI=1S/C14H20N2O4/c1-10(17)13(15)8-11-2-4-12(5-3-11)20-7-6-16-9-14(18)19/h2-5,13,16H,6-9,15H2,1H3,(H,18,19)/t13-/m0/s1. The largest absolute Gasteiger partial charge is 0.492 e. The molecule has 20 heavy (non-hydrogen) atoms. The van der Waals surface area contributed by atoms with Crippen molar-refractivity contribution < 1.29 is 19.4 Å². The topological polar surface area (TPSA) is 102 Å². The van der Waals surface area contributed by atoms with Crippen molar-refractivity contribution in [3.8, 4) is 5.75 Å². The smallest absolute Gasteiger partial charge is 0.317 e. The Balaban J connectivity index is 2.31. The van der Waals surface area contributed by atoms with Crippen molar-refractivity contribution in [2.75, 3.05) is 19.7 Å². The summed E-state index contributed by atoms with van der Waals surface area (Å²) in [5, 5.41) is 11.2. The average Bonchev–Trinajstić information content (AvgIpc) is 2.39. The number of ether oxygens (including phenoxy) is 1. The van der Waals surface area contributed by atoms with Gasteiger partial charge >= 0.3 is 5.97 Å². The summed E-state index contributed by atoms with van der Waals surface area (Å²) in [6, 6.07) is 6.87. The fourth-order valence-electron chi connectivity index (χ4n) is 1.56. The van der Waals surface area contributed by atoms with Gasteiger partial charge in [0, 0.05) is 6.54 Å². The number of carbonyl (C=O) groups excluding carboxylic acids is 1. The van der Waals surface area contributed by atoms with Gasteiger partial charge in [0.2, 0.25) is 0 Å². The molecule has 0 unspecified atom stereocenters. The number of hydrogen-bond acceptors (Lipinski definition) is 5. The van der Waals surface area contributed by atoms with E-state index in [0.29, 0.717) is 25.3 Å². The number of carboxylic acid groups (broad SMARTS) is 1. The Morgan fingerprint density at radius 2 is 2.00 bits per heavy atom. The fraction of sp³-hybridized carbons (Fsp3) is 0.429. The summed E-state index contributed by atoms with van der Waals surface area (Å²) in [5.41, 5.74) is 6.66. The van der Waals surface area contributed by atoms with Crippen LogP contribution in [0.4, 0.5) is 0 Å². The molecule has 0 aliphatic carbocycles. The molecule has 0 aromatic heterocycles. The quantitative estimate of drug-likeness (QED) is 0.558. The molecule has 0 saturated heterocycles. The lowest BCUT2D eigenvalue weighted by Gasteiger charge is -2.09. The van der Waals surface area contributed by atoms with E-state index in [4.69, 9.17) is 15.6 Å². The highest BCUT2D eigenvalue weighted by atomic mass is 16.5. The number of nitrogens with two attached hydrogens (primary N) is 1. The van der Waals surface area contributed by atoms with Gasteiger partial charge in [0.05, 0.1) is 12.6 Å². The second kappa shape index (κ2) is 8.29. The number of benzene rings is 1. The predicted molar refractivity (Wildman–Crippen MR) is 74.8 cm³/mol. The van der Waals surface area contributed by atoms with Gasteiger partial charge in [0.15, 0.2) is 0 Å². The van der Waals surface area contributed by atoms with Crippen LogP contribution >= 0.6 is 0 Å². The molecule has 1 aromatic rings. The summed E-state index contributed by atoms with van der Waals surface area (Å²) in [5.74, 6) is -0.228. The van der Waals surface area contributed by atoms with E-state index in [1.165, 1.54) is 6.92 Å². The zero-order valence-corrected chi connectivity index (χ0v) is 11.5. The number of aliphatic carboxylic acids is 1. The van der Waals surface area contributed by atoms with Crippen molar-refractivity contribution in [2.24, 2.45) is 5.73 Å². The fourth-order valence-corrected chi connectivity index (χ4v) is 1.56. The van der Waals surface area contributed by atoms with Gasteiger partial charge in [-0.2, -0.15) is 0 Å². The first-order valence-electron chi connectivity index (χ1n) is 6.39. The van der Waals surface area contributed by atoms with Crippen LogP contribution in [-0.4, -0.2) is 42.6 Å². The first-order valence-corrected chi connectivity index (χ1v) is 6.39. The van der Waals surface area contributed by atoms with Crippen molar-refractivity contribution in [3.05, 3.63) is 29.8 Å². The normalized spacial score (nSPS) is 11.9. The van der Waals surface area contributed by atoms with Crippen molar-refractivity contribution in [1.29, 1.82) is 0 Å². The maximum Gasteiger partial charge on any atom is 0.317 e. The third-order valence-corrected chi connectivity index (χ3v) is 2.72. The van der Waals surface area contributed by atoms with Crippen LogP contribution in [0.3, 0.4) is 0 Å². The number of hydrogen-bond donors (Lipinski definition) is 3. The maximum absolute atomic E-state index is 11.1. The van der Waals surface area contributed by atoms with E-state index < -0.39 is 12.0 Å².